The quantitative estimate of drug-likeness (QED) is 0.929. The number of carbonyl (C=O) groups excluding carboxylic acids is 1. The first kappa shape index (κ1) is 15.2. The highest BCUT2D eigenvalue weighted by Crippen LogP contribution is 2.28. The summed E-state index contributed by atoms with van der Waals surface area (Å²) in [5.74, 6) is -1.72. The monoisotopic (exact) mass is 316 g/mol. The molecule has 0 fully saturated rings. The summed E-state index contributed by atoms with van der Waals surface area (Å²) in [6.45, 7) is 6.07. The second kappa shape index (κ2) is 5.65. The van der Waals surface area contributed by atoms with E-state index in [0.29, 0.717) is 21.1 Å². The second-order valence-corrected chi connectivity index (χ2v) is 8.04. The predicted octanol–water partition coefficient (Wildman–Crippen LogP) is 4.04. The van der Waals surface area contributed by atoms with Gasteiger partial charge in [-0.05, 0) is 6.07 Å². The molecule has 1 heterocycles. The highest BCUT2D eigenvalue weighted by atomic mass is 32.2. The molecule has 0 spiro atoms. The van der Waals surface area contributed by atoms with Crippen molar-refractivity contribution in [3.8, 4) is 0 Å². The maximum absolute atomic E-state index is 13.1. The molecule has 0 atom stereocenters. The van der Waals surface area contributed by atoms with Crippen molar-refractivity contribution in [2.45, 2.75) is 25.5 Å². The third-order valence-corrected chi connectivity index (χ3v) is 4.52. The van der Waals surface area contributed by atoms with Crippen LogP contribution in [0.25, 0.3) is 10.2 Å². The number of carbonyl (C=O) groups is 1. The third-order valence-electron chi connectivity index (χ3n) is 2.31. The van der Waals surface area contributed by atoms with Crippen molar-refractivity contribution in [2.24, 2.45) is 0 Å². The summed E-state index contributed by atoms with van der Waals surface area (Å²) in [5, 5.41) is 3.00. The molecule has 0 bridgehead atoms. The molecule has 2 aromatic rings. The summed E-state index contributed by atoms with van der Waals surface area (Å²) in [4.78, 5) is 15.8. The van der Waals surface area contributed by atoms with E-state index in [4.69, 9.17) is 0 Å². The lowest BCUT2D eigenvalue weighted by Gasteiger charge is -2.16. The van der Waals surface area contributed by atoms with Crippen molar-refractivity contribution in [3.05, 3.63) is 23.8 Å². The summed E-state index contributed by atoms with van der Waals surface area (Å²) >= 11 is 2.64. The first-order chi connectivity index (χ1) is 9.24. The Labute approximate surface area is 123 Å². The molecule has 2 rings (SSSR count). The molecule has 0 aliphatic carbocycles. The number of benzene rings is 1. The largest absolute Gasteiger partial charge is 0.301 e. The molecule has 7 heteroatoms. The van der Waals surface area contributed by atoms with Gasteiger partial charge in [-0.15, -0.1) is 11.8 Å². The number of fused-ring (bicyclic) bond motifs is 1. The Morgan fingerprint density at radius 1 is 1.35 bits per heavy atom. The first-order valence-electron chi connectivity index (χ1n) is 5.94. The van der Waals surface area contributed by atoms with Gasteiger partial charge in [0.2, 0.25) is 5.91 Å². The fourth-order valence-corrected chi connectivity index (χ4v) is 2.94. The predicted molar refractivity (Wildman–Crippen MR) is 80.4 cm³/mol. The topological polar surface area (TPSA) is 42.0 Å². The van der Waals surface area contributed by atoms with E-state index >= 15 is 0 Å². The molecule has 1 amide bonds. The van der Waals surface area contributed by atoms with E-state index in [-0.39, 0.29) is 10.7 Å². The summed E-state index contributed by atoms with van der Waals surface area (Å²) in [7, 11) is 0. The van der Waals surface area contributed by atoms with Crippen LogP contribution in [0.3, 0.4) is 0 Å². The van der Waals surface area contributed by atoms with Crippen molar-refractivity contribution in [1.82, 2.24) is 4.98 Å². The molecule has 1 aromatic heterocycles. The zero-order valence-corrected chi connectivity index (χ0v) is 12.9. The van der Waals surface area contributed by atoms with Crippen LogP contribution in [0, 0.1) is 11.6 Å². The molecule has 1 aromatic carbocycles. The van der Waals surface area contributed by atoms with Gasteiger partial charge in [0.25, 0.3) is 0 Å². The van der Waals surface area contributed by atoms with Crippen LogP contribution >= 0.6 is 23.1 Å². The van der Waals surface area contributed by atoms with E-state index < -0.39 is 11.6 Å². The molecule has 1 N–H and O–H groups in total. The number of rotatable bonds is 3. The van der Waals surface area contributed by atoms with Gasteiger partial charge in [0, 0.05) is 10.8 Å². The van der Waals surface area contributed by atoms with Crippen LogP contribution in [0.2, 0.25) is 0 Å². The van der Waals surface area contributed by atoms with Crippen LogP contribution in [0.1, 0.15) is 20.8 Å². The van der Waals surface area contributed by atoms with E-state index in [0.717, 1.165) is 23.5 Å². The normalized spacial score (nSPS) is 11.8. The van der Waals surface area contributed by atoms with Gasteiger partial charge in [-0.25, -0.2) is 13.8 Å². The van der Waals surface area contributed by atoms with Gasteiger partial charge in [-0.1, -0.05) is 32.1 Å². The molecule has 0 unspecified atom stereocenters. The number of nitrogens with one attached hydrogen (secondary N) is 1. The van der Waals surface area contributed by atoms with E-state index in [1.807, 2.05) is 20.8 Å². The maximum atomic E-state index is 13.1. The highest BCUT2D eigenvalue weighted by molar-refractivity contribution is 8.01. The van der Waals surface area contributed by atoms with Gasteiger partial charge in [0.1, 0.15) is 0 Å². The van der Waals surface area contributed by atoms with Gasteiger partial charge in [-0.3, -0.25) is 4.79 Å². The lowest BCUT2D eigenvalue weighted by atomic mass is 10.3. The zero-order valence-electron chi connectivity index (χ0n) is 11.3. The number of aromatic nitrogens is 1. The Morgan fingerprint density at radius 2 is 2.00 bits per heavy atom. The number of amides is 1. The van der Waals surface area contributed by atoms with Crippen LogP contribution < -0.4 is 5.32 Å². The minimum absolute atomic E-state index is 0.00279. The Bertz CT molecular complexity index is 611. The van der Waals surface area contributed by atoms with Crippen LogP contribution in [0.5, 0.6) is 0 Å². The van der Waals surface area contributed by atoms with E-state index in [9.17, 15) is 13.6 Å². The van der Waals surface area contributed by atoms with Crippen LogP contribution in [-0.2, 0) is 4.79 Å². The summed E-state index contributed by atoms with van der Waals surface area (Å²) in [5.41, 5.74) is 0.340. The van der Waals surface area contributed by atoms with Gasteiger partial charge in [0.05, 0.1) is 16.0 Å². The van der Waals surface area contributed by atoms with Crippen LogP contribution in [0.15, 0.2) is 12.1 Å². The fraction of sp³-hybridized carbons (Fsp3) is 0.385. The average molecular weight is 316 g/mol. The molecule has 108 valence electrons. The Morgan fingerprint density at radius 3 is 2.65 bits per heavy atom. The van der Waals surface area contributed by atoms with Crippen LogP contribution in [-0.4, -0.2) is 21.4 Å². The van der Waals surface area contributed by atoms with Crippen LogP contribution in [0.4, 0.5) is 13.9 Å². The van der Waals surface area contributed by atoms with Crippen molar-refractivity contribution in [3.63, 3.8) is 0 Å². The molecular weight excluding hydrogens is 302 g/mol. The second-order valence-electron chi connectivity index (χ2n) is 5.20. The van der Waals surface area contributed by atoms with Crippen molar-refractivity contribution in [1.29, 1.82) is 0 Å². The van der Waals surface area contributed by atoms with Crippen molar-refractivity contribution >= 4 is 44.4 Å². The molecule has 0 saturated heterocycles. The number of thioether (sulfide) groups is 1. The fourth-order valence-electron chi connectivity index (χ4n) is 1.41. The Balaban J connectivity index is 2.08. The van der Waals surface area contributed by atoms with Gasteiger partial charge in [-0.2, -0.15) is 0 Å². The Hall–Kier alpha value is -1.21. The van der Waals surface area contributed by atoms with Gasteiger partial charge in [0.15, 0.2) is 16.8 Å². The lowest BCUT2D eigenvalue weighted by molar-refractivity contribution is -0.113. The minimum atomic E-state index is -0.941. The van der Waals surface area contributed by atoms with E-state index in [2.05, 4.69) is 10.3 Å². The lowest BCUT2D eigenvalue weighted by Crippen LogP contribution is -2.18. The average Bonchev–Trinajstić information content (AvgIpc) is 2.67. The number of nitrogens with zero attached hydrogens (tertiary/aromatic N) is 1. The molecular formula is C13H14F2N2OS2. The van der Waals surface area contributed by atoms with Crippen molar-refractivity contribution in [2.75, 3.05) is 11.1 Å². The number of anilines is 1. The SMILES string of the molecule is CC(C)(C)SCC(=O)Nc1nc2cc(F)c(F)cc2s1. The Kier molecular flexibility index (Phi) is 4.29. The number of hydrogen-bond donors (Lipinski definition) is 1. The summed E-state index contributed by atoms with van der Waals surface area (Å²) in [6.07, 6.45) is 0. The molecule has 0 aliphatic heterocycles. The molecule has 0 saturated carbocycles. The van der Waals surface area contributed by atoms with E-state index in [1.165, 1.54) is 11.8 Å². The van der Waals surface area contributed by atoms with Gasteiger partial charge < -0.3 is 5.32 Å². The summed E-state index contributed by atoms with van der Waals surface area (Å²) < 4.78 is 26.7. The smallest absolute Gasteiger partial charge is 0.236 e. The first-order valence-corrected chi connectivity index (χ1v) is 7.74. The zero-order chi connectivity index (χ0) is 14.9. The highest BCUT2D eigenvalue weighted by Gasteiger charge is 2.15. The summed E-state index contributed by atoms with van der Waals surface area (Å²) in [6, 6.07) is 2.11. The standard InChI is InChI=1S/C13H14F2N2OS2/c1-13(2,3)19-6-11(18)17-12-16-9-4-7(14)8(15)5-10(9)20-12/h4-5H,6H2,1-3H3,(H,16,17,18). The molecule has 20 heavy (non-hydrogen) atoms. The molecule has 3 nitrogen and oxygen atoms in total. The molecule has 0 radical (unpaired) electrons. The minimum Gasteiger partial charge on any atom is -0.301 e. The third kappa shape index (κ3) is 3.89. The number of halogens is 2. The maximum Gasteiger partial charge on any atom is 0.236 e. The van der Waals surface area contributed by atoms with Crippen molar-refractivity contribution < 1.29 is 13.6 Å². The van der Waals surface area contributed by atoms with Gasteiger partial charge >= 0.3 is 0 Å². The number of thiazole rings is 1. The number of hydrogen-bond acceptors (Lipinski definition) is 4. The molecule has 0 aliphatic rings. The van der Waals surface area contributed by atoms with E-state index in [1.54, 1.807) is 0 Å².